The Labute approximate surface area is 77.7 Å². The van der Waals surface area contributed by atoms with E-state index in [9.17, 15) is 18.0 Å². The van der Waals surface area contributed by atoms with E-state index < -0.39 is 38.1 Å². The third-order valence-corrected chi connectivity index (χ3v) is 2.33. The van der Waals surface area contributed by atoms with Gasteiger partial charge in [-0.05, 0) is 0 Å². The fraction of sp³-hybridized carbons (Fsp3) is 0. The van der Waals surface area contributed by atoms with Gasteiger partial charge in [0.15, 0.2) is 10.7 Å². The summed E-state index contributed by atoms with van der Waals surface area (Å²) in [5.41, 5.74) is 0. The van der Waals surface area contributed by atoms with Crippen molar-refractivity contribution >= 4 is 21.7 Å². The van der Waals surface area contributed by atoms with Crippen molar-refractivity contribution in [3.05, 3.63) is 22.5 Å². The molecule has 0 aliphatic heterocycles. The van der Waals surface area contributed by atoms with Gasteiger partial charge in [0, 0.05) is 6.08 Å². The van der Waals surface area contributed by atoms with Crippen LogP contribution in [0.4, 0.5) is 0 Å². The molecule has 0 heterocycles. The minimum atomic E-state index is -4.94. The Morgan fingerprint density at radius 3 is 2.07 bits per heavy atom. The Balaban J connectivity index is 3.51. The van der Waals surface area contributed by atoms with E-state index in [0.717, 1.165) is 0 Å². The standard InChI is InChI=1S/C6H4O7S/c7-2-1-3(8)6(14(11,12)13)5(10)4(2)9/h1,8,10H,(H,11,12,13). The topological polar surface area (TPSA) is 129 Å². The maximum absolute atomic E-state index is 10.7. The SMILES string of the molecule is O=C1C=C(O)C(S(=O)(=O)O)=C(O)C1=O. The number of allylic oxidation sites excluding steroid dienone is 2. The fourth-order valence-corrected chi connectivity index (χ4v) is 1.51. The lowest BCUT2D eigenvalue weighted by Gasteiger charge is -2.09. The van der Waals surface area contributed by atoms with Crippen LogP contribution in [0.3, 0.4) is 0 Å². The number of hydrogen-bond acceptors (Lipinski definition) is 6. The smallest absolute Gasteiger partial charge is 0.302 e. The summed E-state index contributed by atoms with van der Waals surface area (Å²) >= 11 is 0. The van der Waals surface area contributed by atoms with E-state index in [1.54, 1.807) is 0 Å². The van der Waals surface area contributed by atoms with Gasteiger partial charge < -0.3 is 10.2 Å². The van der Waals surface area contributed by atoms with Crippen molar-refractivity contribution in [1.82, 2.24) is 0 Å². The van der Waals surface area contributed by atoms with Crippen LogP contribution in [0.15, 0.2) is 22.5 Å². The Kier molecular flexibility index (Phi) is 2.18. The van der Waals surface area contributed by atoms with E-state index in [1.807, 2.05) is 0 Å². The highest BCUT2D eigenvalue weighted by Crippen LogP contribution is 2.22. The highest BCUT2D eigenvalue weighted by molar-refractivity contribution is 7.90. The molecule has 0 saturated carbocycles. The second-order valence-corrected chi connectivity index (χ2v) is 3.73. The molecular formula is C6H4O7S. The van der Waals surface area contributed by atoms with Crippen molar-refractivity contribution in [2.75, 3.05) is 0 Å². The third kappa shape index (κ3) is 1.52. The molecule has 1 aliphatic carbocycles. The Morgan fingerprint density at radius 2 is 1.64 bits per heavy atom. The molecule has 0 aromatic rings. The molecule has 0 aromatic carbocycles. The average molecular weight is 220 g/mol. The van der Waals surface area contributed by atoms with Gasteiger partial charge in [-0.1, -0.05) is 0 Å². The van der Waals surface area contributed by atoms with E-state index in [2.05, 4.69) is 0 Å². The van der Waals surface area contributed by atoms with Crippen molar-refractivity contribution in [2.45, 2.75) is 0 Å². The molecule has 0 bridgehead atoms. The lowest BCUT2D eigenvalue weighted by atomic mass is 10.1. The Hall–Kier alpha value is -1.67. The summed E-state index contributed by atoms with van der Waals surface area (Å²) in [5, 5.41) is 17.8. The first kappa shape index (κ1) is 10.4. The van der Waals surface area contributed by atoms with E-state index in [4.69, 9.17) is 14.8 Å². The lowest BCUT2D eigenvalue weighted by molar-refractivity contribution is -0.133. The van der Waals surface area contributed by atoms with Gasteiger partial charge in [-0.2, -0.15) is 8.42 Å². The second-order valence-electron chi connectivity index (χ2n) is 2.38. The van der Waals surface area contributed by atoms with Gasteiger partial charge in [0.1, 0.15) is 5.76 Å². The molecule has 0 fully saturated rings. The molecule has 76 valence electrons. The molecule has 0 aromatic heterocycles. The van der Waals surface area contributed by atoms with E-state index >= 15 is 0 Å². The number of carbonyl (C=O) groups is 2. The number of hydrogen-bond donors (Lipinski definition) is 3. The third-order valence-electron chi connectivity index (χ3n) is 1.41. The van der Waals surface area contributed by atoms with Crippen LogP contribution in [0.25, 0.3) is 0 Å². The second kappa shape index (κ2) is 2.93. The highest BCUT2D eigenvalue weighted by atomic mass is 32.2. The summed E-state index contributed by atoms with van der Waals surface area (Å²) in [4.78, 5) is 20.0. The Morgan fingerprint density at radius 1 is 1.14 bits per heavy atom. The molecule has 7 nitrogen and oxygen atoms in total. The van der Waals surface area contributed by atoms with Crippen LogP contribution in [-0.2, 0) is 19.7 Å². The lowest BCUT2D eigenvalue weighted by Crippen LogP contribution is -2.24. The van der Waals surface area contributed by atoms with Crippen molar-refractivity contribution < 1.29 is 32.8 Å². The molecule has 3 N–H and O–H groups in total. The van der Waals surface area contributed by atoms with Crippen molar-refractivity contribution in [3.8, 4) is 0 Å². The average Bonchev–Trinajstić information content (AvgIpc) is 1.97. The normalized spacial score (nSPS) is 18.5. The maximum atomic E-state index is 10.7. The molecule has 0 atom stereocenters. The van der Waals surface area contributed by atoms with Crippen LogP contribution in [0.5, 0.6) is 0 Å². The summed E-state index contributed by atoms with van der Waals surface area (Å²) in [6.07, 6.45) is 0.297. The van der Waals surface area contributed by atoms with Gasteiger partial charge in [-0.3, -0.25) is 14.1 Å². The first-order chi connectivity index (χ1) is 6.25. The summed E-state index contributed by atoms with van der Waals surface area (Å²) in [6.45, 7) is 0. The van der Waals surface area contributed by atoms with Crippen LogP contribution in [0, 0.1) is 0 Å². The van der Waals surface area contributed by atoms with Crippen LogP contribution in [0.1, 0.15) is 0 Å². The van der Waals surface area contributed by atoms with Gasteiger partial charge in [0.2, 0.25) is 5.78 Å². The quantitative estimate of drug-likeness (QED) is 0.301. The monoisotopic (exact) mass is 220 g/mol. The zero-order chi connectivity index (χ0) is 11.1. The van der Waals surface area contributed by atoms with E-state index in [0.29, 0.717) is 6.08 Å². The molecule has 1 aliphatic rings. The predicted octanol–water partition coefficient (Wildman–Crippen LogP) is -0.762. The number of ketones is 2. The highest BCUT2D eigenvalue weighted by Gasteiger charge is 2.35. The number of carbonyl (C=O) groups excluding carboxylic acids is 2. The van der Waals surface area contributed by atoms with Crippen LogP contribution >= 0.6 is 0 Å². The largest absolute Gasteiger partial charge is 0.506 e. The molecule has 0 saturated heterocycles. The number of rotatable bonds is 1. The first-order valence-electron chi connectivity index (χ1n) is 3.15. The van der Waals surface area contributed by atoms with Gasteiger partial charge in [-0.25, -0.2) is 0 Å². The minimum absolute atomic E-state index is 0.297. The van der Waals surface area contributed by atoms with Crippen molar-refractivity contribution in [3.63, 3.8) is 0 Å². The van der Waals surface area contributed by atoms with E-state index in [-0.39, 0.29) is 0 Å². The van der Waals surface area contributed by atoms with Gasteiger partial charge >= 0.3 is 10.1 Å². The number of aliphatic hydroxyl groups is 2. The number of Topliss-reactive ketones (excluding diaryl/α,β-unsaturated/α-hetero) is 1. The molecule has 14 heavy (non-hydrogen) atoms. The number of aliphatic hydroxyl groups excluding tert-OH is 2. The fourth-order valence-electron chi connectivity index (χ4n) is 0.851. The molecule has 8 heteroatoms. The minimum Gasteiger partial charge on any atom is -0.506 e. The van der Waals surface area contributed by atoms with Gasteiger partial charge in [-0.15, -0.1) is 0 Å². The predicted molar refractivity (Wildman–Crippen MR) is 41.9 cm³/mol. The van der Waals surface area contributed by atoms with Crippen molar-refractivity contribution in [2.24, 2.45) is 0 Å². The zero-order valence-corrected chi connectivity index (χ0v) is 7.28. The summed E-state index contributed by atoms with van der Waals surface area (Å²) in [6, 6.07) is 0. The van der Waals surface area contributed by atoms with Crippen LogP contribution < -0.4 is 0 Å². The molecule has 1 rings (SSSR count). The zero-order valence-electron chi connectivity index (χ0n) is 6.46. The van der Waals surface area contributed by atoms with Gasteiger partial charge in [0.05, 0.1) is 0 Å². The van der Waals surface area contributed by atoms with E-state index in [1.165, 1.54) is 0 Å². The molecule has 0 radical (unpaired) electrons. The molecule has 0 amide bonds. The summed E-state index contributed by atoms with van der Waals surface area (Å²) in [7, 11) is -4.94. The summed E-state index contributed by atoms with van der Waals surface area (Å²) < 4.78 is 29.5. The van der Waals surface area contributed by atoms with Crippen LogP contribution in [0.2, 0.25) is 0 Å². The van der Waals surface area contributed by atoms with Gasteiger partial charge in [0.25, 0.3) is 5.78 Å². The molecule has 0 unspecified atom stereocenters. The first-order valence-corrected chi connectivity index (χ1v) is 4.59. The van der Waals surface area contributed by atoms with Crippen molar-refractivity contribution in [1.29, 1.82) is 0 Å². The Bertz CT molecular complexity index is 478. The molecule has 0 spiro atoms. The molecular weight excluding hydrogens is 216 g/mol. The van der Waals surface area contributed by atoms with Crippen LogP contribution in [-0.4, -0.2) is 34.8 Å². The summed E-state index contributed by atoms with van der Waals surface area (Å²) in [5.74, 6) is -5.44. The maximum Gasteiger partial charge on any atom is 0.302 e.